The third-order valence-electron chi connectivity index (χ3n) is 4.63. The van der Waals surface area contributed by atoms with E-state index in [9.17, 15) is 9.18 Å². The van der Waals surface area contributed by atoms with Gasteiger partial charge in [0.25, 0.3) is 0 Å². The van der Waals surface area contributed by atoms with Crippen molar-refractivity contribution in [1.82, 2.24) is 5.32 Å². The van der Waals surface area contributed by atoms with Crippen LogP contribution in [0.2, 0.25) is 0 Å². The summed E-state index contributed by atoms with van der Waals surface area (Å²) in [4.78, 5) is 12.4. The van der Waals surface area contributed by atoms with Gasteiger partial charge in [-0.1, -0.05) is 18.9 Å². The number of hydrogen-bond acceptors (Lipinski definition) is 3. The normalized spacial score (nSPS) is 27.2. The van der Waals surface area contributed by atoms with E-state index in [2.05, 4.69) is 10.6 Å². The van der Waals surface area contributed by atoms with Gasteiger partial charge in [-0.15, -0.1) is 0 Å². The molecule has 120 valence electrons. The van der Waals surface area contributed by atoms with Crippen LogP contribution in [0.25, 0.3) is 0 Å². The van der Waals surface area contributed by atoms with Gasteiger partial charge in [-0.05, 0) is 37.3 Å². The van der Waals surface area contributed by atoms with Gasteiger partial charge in [-0.25, -0.2) is 4.39 Å². The zero-order valence-electron chi connectivity index (χ0n) is 12.7. The molecule has 0 aromatic heterocycles. The second-order valence-electron chi connectivity index (χ2n) is 6.16. The Hall–Kier alpha value is -1.62. The number of ether oxygens (including phenoxy) is 1. The second-order valence-corrected chi connectivity index (χ2v) is 6.16. The highest BCUT2D eigenvalue weighted by Gasteiger charge is 2.38. The van der Waals surface area contributed by atoms with Crippen LogP contribution in [0.1, 0.15) is 32.1 Å². The summed E-state index contributed by atoms with van der Waals surface area (Å²) in [5.74, 6) is 1.23. The lowest BCUT2D eigenvalue weighted by Crippen LogP contribution is -2.39. The first kappa shape index (κ1) is 15.3. The van der Waals surface area contributed by atoms with Gasteiger partial charge in [-0.3, -0.25) is 4.79 Å². The number of nitrogens with one attached hydrogen (secondary N) is 2. The third-order valence-corrected chi connectivity index (χ3v) is 4.63. The molecule has 1 amide bonds. The monoisotopic (exact) mass is 306 g/mol. The van der Waals surface area contributed by atoms with Gasteiger partial charge in [0.15, 0.2) is 0 Å². The van der Waals surface area contributed by atoms with E-state index in [0.29, 0.717) is 23.4 Å². The van der Waals surface area contributed by atoms with Gasteiger partial charge in [0.1, 0.15) is 19.0 Å². The standard InChI is InChI=1S/C17H23FN2O2/c18-8-9-22-14-6-3-5-13(11-14)19-17(21)16-10-12-4-1-2-7-15(12)20-16/h3,5-6,11-12,15-16,20H,1-2,4,7-10H2,(H,19,21). The fraction of sp³-hybridized carbons (Fsp3) is 0.588. The third kappa shape index (κ3) is 3.58. The quantitative estimate of drug-likeness (QED) is 0.879. The Morgan fingerprint density at radius 3 is 3.05 bits per heavy atom. The summed E-state index contributed by atoms with van der Waals surface area (Å²) in [7, 11) is 0. The van der Waals surface area contributed by atoms with Gasteiger partial charge in [0.05, 0.1) is 6.04 Å². The van der Waals surface area contributed by atoms with Crippen molar-refractivity contribution in [3.63, 3.8) is 0 Å². The Morgan fingerprint density at radius 1 is 1.36 bits per heavy atom. The number of anilines is 1. The minimum Gasteiger partial charge on any atom is -0.491 e. The van der Waals surface area contributed by atoms with Gasteiger partial charge in [0, 0.05) is 17.8 Å². The Balaban J connectivity index is 1.57. The van der Waals surface area contributed by atoms with E-state index in [-0.39, 0.29) is 18.6 Å². The molecule has 1 aliphatic heterocycles. The zero-order chi connectivity index (χ0) is 15.4. The van der Waals surface area contributed by atoms with Crippen molar-refractivity contribution in [3.8, 4) is 5.75 Å². The van der Waals surface area contributed by atoms with Crippen LogP contribution in [0.3, 0.4) is 0 Å². The van der Waals surface area contributed by atoms with E-state index in [1.54, 1.807) is 18.2 Å². The largest absolute Gasteiger partial charge is 0.491 e. The predicted molar refractivity (Wildman–Crippen MR) is 83.8 cm³/mol. The summed E-state index contributed by atoms with van der Waals surface area (Å²) in [6, 6.07) is 7.50. The summed E-state index contributed by atoms with van der Waals surface area (Å²) in [6.07, 6.45) is 5.88. The maximum atomic E-state index is 12.4. The summed E-state index contributed by atoms with van der Waals surface area (Å²) >= 11 is 0. The van der Waals surface area contributed by atoms with Crippen LogP contribution in [0.5, 0.6) is 5.75 Å². The molecule has 0 spiro atoms. The molecule has 1 heterocycles. The topological polar surface area (TPSA) is 50.4 Å². The first-order valence-electron chi connectivity index (χ1n) is 8.12. The number of fused-ring (bicyclic) bond motifs is 1. The molecule has 0 radical (unpaired) electrons. The van der Waals surface area contributed by atoms with E-state index in [1.165, 1.54) is 25.7 Å². The molecule has 2 N–H and O–H groups in total. The Kier molecular flexibility index (Phi) is 4.93. The molecule has 1 saturated carbocycles. The van der Waals surface area contributed by atoms with Crippen molar-refractivity contribution in [2.45, 2.75) is 44.2 Å². The molecule has 4 nitrogen and oxygen atoms in total. The maximum Gasteiger partial charge on any atom is 0.241 e. The number of alkyl halides is 1. The van der Waals surface area contributed by atoms with Gasteiger partial charge >= 0.3 is 0 Å². The van der Waals surface area contributed by atoms with Crippen LogP contribution in [0.15, 0.2) is 24.3 Å². The van der Waals surface area contributed by atoms with Crippen molar-refractivity contribution < 1.29 is 13.9 Å². The average Bonchev–Trinajstić information content (AvgIpc) is 2.97. The summed E-state index contributed by atoms with van der Waals surface area (Å²) in [6.45, 7) is -0.490. The molecule has 1 aliphatic carbocycles. The lowest BCUT2D eigenvalue weighted by Gasteiger charge is -2.24. The van der Waals surface area contributed by atoms with Gasteiger partial charge in [0.2, 0.25) is 5.91 Å². The van der Waals surface area contributed by atoms with Gasteiger partial charge in [-0.2, -0.15) is 0 Å². The van der Waals surface area contributed by atoms with Crippen LogP contribution in [0.4, 0.5) is 10.1 Å². The molecule has 1 aromatic rings. The highest BCUT2D eigenvalue weighted by molar-refractivity contribution is 5.95. The Labute approximate surface area is 130 Å². The minimum atomic E-state index is -0.522. The van der Waals surface area contributed by atoms with Crippen LogP contribution in [-0.2, 0) is 4.79 Å². The number of benzene rings is 1. The molecule has 3 unspecified atom stereocenters. The molecule has 1 aromatic carbocycles. The SMILES string of the molecule is O=C(Nc1cccc(OCCF)c1)C1CC2CCCCC2N1. The van der Waals surface area contributed by atoms with Crippen LogP contribution in [0, 0.1) is 5.92 Å². The van der Waals surface area contributed by atoms with E-state index in [0.717, 1.165) is 6.42 Å². The summed E-state index contributed by atoms with van der Waals surface area (Å²) < 4.78 is 17.4. The van der Waals surface area contributed by atoms with E-state index in [4.69, 9.17) is 4.74 Å². The number of amides is 1. The maximum absolute atomic E-state index is 12.4. The molecule has 22 heavy (non-hydrogen) atoms. The second kappa shape index (κ2) is 7.09. The fourth-order valence-corrected chi connectivity index (χ4v) is 3.57. The van der Waals surface area contributed by atoms with E-state index in [1.807, 2.05) is 6.07 Å². The molecule has 3 rings (SSSR count). The molecule has 2 fully saturated rings. The zero-order valence-corrected chi connectivity index (χ0v) is 12.7. The van der Waals surface area contributed by atoms with Crippen LogP contribution < -0.4 is 15.4 Å². The highest BCUT2D eigenvalue weighted by atomic mass is 19.1. The molecule has 1 saturated heterocycles. The predicted octanol–water partition coefficient (Wildman–Crippen LogP) is 2.89. The smallest absolute Gasteiger partial charge is 0.241 e. The number of carbonyl (C=O) groups is 1. The average molecular weight is 306 g/mol. The highest BCUT2D eigenvalue weighted by Crippen LogP contribution is 2.33. The number of carbonyl (C=O) groups excluding carboxylic acids is 1. The first-order valence-corrected chi connectivity index (χ1v) is 8.12. The van der Waals surface area contributed by atoms with Crippen LogP contribution in [-0.4, -0.2) is 31.3 Å². The summed E-state index contributed by atoms with van der Waals surface area (Å²) in [5.41, 5.74) is 0.693. The van der Waals surface area contributed by atoms with Crippen molar-refractivity contribution in [3.05, 3.63) is 24.3 Å². The minimum absolute atomic E-state index is 0.0111. The lowest BCUT2D eigenvalue weighted by atomic mass is 9.85. The van der Waals surface area contributed by atoms with Crippen molar-refractivity contribution in [2.75, 3.05) is 18.6 Å². The molecule has 3 atom stereocenters. The number of rotatable bonds is 5. The van der Waals surface area contributed by atoms with Gasteiger partial charge < -0.3 is 15.4 Å². The molecule has 2 aliphatic rings. The van der Waals surface area contributed by atoms with Crippen LogP contribution >= 0.6 is 0 Å². The fourth-order valence-electron chi connectivity index (χ4n) is 3.57. The Morgan fingerprint density at radius 2 is 2.23 bits per heavy atom. The molecule has 0 bridgehead atoms. The number of halogens is 1. The van der Waals surface area contributed by atoms with Crippen molar-refractivity contribution in [2.24, 2.45) is 5.92 Å². The Bertz CT molecular complexity index is 509. The lowest BCUT2D eigenvalue weighted by molar-refractivity contribution is -0.117. The van der Waals surface area contributed by atoms with Crippen molar-refractivity contribution in [1.29, 1.82) is 0 Å². The number of hydrogen-bond donors (Lipinski definition) is 2. The molecule has 5 heteroatoms. The molecular formula is C17H23FN2O2. The van der Waals surface area contributed by atoms with E-state index >= 15 is 0 Å². The van der Waals surface area contributed by atoms with E-state index < -0.39 is 6.67 Å². The molecular weight excluding hydrogens is 283 g/mol. The van der Waals surface area contributed by atoms with Crippen molar-refractivity contribution >= 4 is 11.6 Å². The first-order chi connectivity index (χ1) is 10.8. The summed E-state index contributed by atoms with van der Waals surface area (Å²) in [5, 5.41) is 6.40.